The molecule has 2 aromatic carbocycles. The molecule has 0 aliphatic heterocycles. The summed E-state index contributed by atoms with van der Waals surface area (Å²) in [5.74, 6) is 0. The summed E-state index contributed by atoms with van der Waals surface area (Å²) >= 11 is 0. The highest BCUT2D eigenvalue weighted by atomic mass is 14.6. The second-order valence-corrected chi connectivity index (χ2v) is 8.74. The molecule has 0 N–H and O–H groups in total. The standard InChI is InChI=1S/C29H32/c1-5-19-27(21-17-23-13-9-11-15-25(23)27)29(7-3,8-4)28(20-6-2)22-18-24-14-10-12-16-26(24)28/h5-16H,1-4,17-22H2. The van der Waals surface area contributed by atoms with Crippen molar-refractivity contribution in [3.63, 3.8) is 0 Å². The molecule has 2 aliphatic carbocycles. The van der Waals surface area contributed by atoms with E-state index in [1.54, 1.807) is 0 Å². The minimum absolute atomic E-state index is 0.0880. The molecule has 0 spiro atoms. The first-order valence-corrected chi connectivity index (χ1v) is 10.8. The molecule has 2 aromatic rings. The van der Waals surface area contributed by atoms with Gasteiger partial charge in [-0.1, -0.05) is 72.8 Å². The third kappa shape index (κ3) is 2.45. The quantitative estimate of drug-likeness (QED) is 0.423. The largest absolute Gasteiger partial charge is 0.103 e. The maximum atomic E-state index is 4.45. The SMILES string of the molecule is C=CCC1(C(C=C)(C=C)C2(CC=C)CCc3ccccc32)CCc2ccccc21. The van der Waals surface area contributed by atoms with E-state index in [0.29, 0.717) is 0 Å². The first kappa shape index (κ1) is 19.7. The van der Waals surface area contributed by atoms with Crippen LogP contribution in [0.1, 0.15) is 47.9 Å². The molecule has 0 saturated carbocycles. The minimum Gasteiger partial charge on any atom is -0.103 e. The van der Waals surface area contributed by atoms with Crippen molar-refractivity contribution in [1.82, 2.24) is 0 Å². The maximum Gasteiger partial charge on any atom is 0.0256 e. The van der Waals surface area contributed by atoms with Crippen molar-refractivity contribution < 1.29 is 0 Å². The van der Waals surface area contributed by atoms with E-state index in [9.17, 15) is 0 Å². The number of aryl methyl sites for hydroxylation is 2. The molecule has 0 heterocycles. The van der Waals surface area contributed by atoms with E-state index in [1.807, 2.05) is 0 Å². The van der Waals surface area contributed by atoms with Gasteiger partial charge in [0.2, 0.25) is 0 Å². The van der Waals surface area contributed by atoms with Gasteiger partial charge >= 0.3 is 0 Å². The Bertz CT molecular complexity index is 882. The van der Waals surface area contributed by atoms with Crippen LogP contribution in [-0.4, -0.2) is 0 Å². The molecule has 0 heteroatoms. The molecule has 0 fully saturated rings. The molecule has 0 amide bonds. The first-order chi connectivity index (χ1) is 14.1. The van der Waals surface area contributed by atoms with Gasteiger partial charge in [-0.25, -0.2) is 0 Å². The normalized spacial score (nSPS) is 25.1. The number of rotatable bonds is 8. The van der Waals surface area contributed by atoms with Crippen molar-refractivity contribution >= 4 is 0 Å². The molecule has 2 unspecified atom stereocenters. The van der Waals surface area contributed by atoms with Crippen molar-refractivity contribution in [2.24, 2.45) is 5.41 Å². The summed E-state index contributed by atoms with van der Waals surface area (Å²) in [6, 6.07) is 17.9. The van der Waals surface area contributed by atoms with E-state index in [2.05, 4.69) is 99.2 Å². The van der Waals surface area contributed by atoms with Crippen LogP contribution in [0.3, 0.4) is 0 Å². The molecule has 2 atom stereocenters. The fraction of sp³-hybridized carbons (Fsp3) is 0.310. The molecule has 148 valence electrons. The third-order valence-electron chi connectivity index (χ3n) is 7.92. The van der Waals surface area contributed by atoms with Gasteiger partial charge in [0, 0.05) is 16.2 Å². The highest BCUT2D eigenvalue weighted by molar-refractivity contribution is 5.53. The van der Waals surface area contributed by atoms with Gasteiger partial charge in [-0.2, -0.15) is 0 Å². The summed E-state index contributed by atoms with van der Waals surface area (Å²) in [7, 11) is 0. The summed E-state index contributed by atoms with van der Waals surface area (Å²) in [5, 5.41) is 0. The van der Waals surface area contributed by atoms with Crippen LogP contribution in [0, 0.1) is 5.41 Å². The Kier molecular flexibility index (Phi) is 4.99. The lowest BCUT2D eigenvalue weighted by molar-refractivity contribution is 0.109. The fourth-order valence-electron chi connectivity index (χ4n) is 6.81. The van der Waals surface area contributed by atoms with Crippen LogP contribution in [0.2, 0.25) is 0 Å². The third-order valence-corrected chi connectivity index (χ3v) is 7.92. The zero-order chi connectivity index (χ0) is 20.5. The lowest BCUT2D eigenvalue weighted by Crippen LogP contribution is -2.54. The second-order valence-electron chi connectivity index (χ2n) is 8.74. The van der Waals surface area contributed by atoms with Gasteiger partial charge in [-0.3, -0.25) is 0 Å². The molecule has 0 radical (unpaired) electrons. The van der Waals surface area contributed by atoms with Crippen molar-refractivity contribution in [2.45, 2.75) is 49.4 Å². The van der Waals surface area contributed by atoms with Crippen molar-refractivity contribution in [3.8, 4) is 0 Å². The molecule has 0 bridgehead atoms. The topological polar surface area (TPSA) is 0 Å². The number of hydrogen-bond donors (Lipinski definition) is 0. The van der Waals surface area contributed by atoms with Crippen LogP contribution in [0.4, 0.5) is 0 Å². The van der Waals surface area contributed by atoms with Gasteiger partial charge in [0.25, 0.3) is 0 Å². The molecule has 2 aliphatic rings. The number of fused-ring (bicyclic) bond motifs is 2. The highest BCUT2D eigenvalue weighted by Crippen LogP contribution is 2.66. The molecule has 0 nitrogen and oxygen atoms in total. The Morgan fingerprint density at radius 1 is 0.690 bits per heavy atom. The van der Waals surface area contributed by atoms with E-state index in [-0.39, 0.29) is 16.2 Å². The lowest BCUT2D eigenvalue weighted by Gasteiger charge is -2.57. The predicted octanol–water partition coefficient (Wildman–Crippen LogP) is 7.27. The number of hydrogen-bond acceptors (Lipinski definition) is 0. The van der Waals surface area contributed by atoms with Crippen LogP contribution in [0.25, 0.3) is 0 Å². The van der Waals surface area contributed by atoms with Gasteiger partial charge < -0.3 is 0 Å². The van der Waals surface area contributed by atoms with E-state index >= 15 is 0 Å². The van der Waals surface area contributed by atoms with Gasteiger partial charge in [-0.15, -0.1) is 26.3 Å². The van der Waals surface area contributed by atoms with Crippen LogP contribution in [0.5, 0.6) is 0 Å². The predicted molar refractivity (Wildman–Crippen MR) is 125 cm³/mol. The summed E-state index contributed by atoms with van der Waals surface area (Å²) in [6.07, 6.45) is 14.9. The van der Waals surface area contributed by atoms with Crippen molar-refractivity contribution in [3.05, 3.63) is 121 Å². The van der Waals surface area contributed by atoms with Gasteiger partial charge in [-0.05, 0) is 60.8 Å². The van der Waals surface area contributed by atoms with E-state index < -0.39 is 0 Å². The summed E-state index contributed by atoms with van der Waals surface area (Å²) < 4.78 is 0. The van der Waals surface area contributed by atoms with Gasteiger partial charge in [0.1, 0.15) is 0 Å². The van der Waals surface area contributed by atoms with Crippen LogP contribution >= 0.6 is 0 Å². The molecule has 0 aromatic heterocycles. The summed E-state index contributed by atoms with van der Waals surface area (Å²) in [5.41, 5.74) is 5.36. The zero-order valence-electron chi connectivity index (χ0n) is 17.5. The van der Waals surface area contributed by atoms with Gasteiger partial charge in [0.15, 0.2) is 0 Å². The fourth-order valence-corrected chi connectivity index (χ4v) is 6.81. The Balaban J connectivity index is 2.06. The first-order valence-electron chi connectivity index (χ1n) is 10.8. The molecule has 4 rings (SSSR count). The Morgan fingerprint density at radius 2 is 1.10 bits per heavy atom. The molecule has 29 heavy (non-hydrogen) atoms. The Labute approximate surface area is 176 Å². The smallest absolute Gasteiger partial charge is 0.0256 e. The molecule has 0 saturated heterocycles. The number of allylic oxidation sites excluding steroid dienone is 4. The minimum atomic E-state index is -0.290. The summed E-state index contributed by atoms with van der Waals surface area (Å²) in [6.45, 7) is 17.3. The van der Waals surface area contributed by atoms with E-state index in [1.165, 1.54) is 22.3 Å². The highest BCUT2D eigenvalue weighted by Gasteiger charge is 2.62. The van der Waals surface area contributed by atoms with Crippen molar-refractivity contribution in [1.29, 1.82) is 0 Å². The summed E-state index contributed by atoms with van der Waals surface area (Å²) in [4.78, 5) is 0. The van der Waals surface area contributed by atoms with Crippen LogP contribution in [0.15, 0.2) is 99.2 Å². The lowest BCUT2D eigenvalue weighted by atomic mass is 9.45. The second kappa shape index (κ2) is 7.34. The molecular formula is C29H32. The van der Waals surface area contributed by atoms with Gasteiger partial charge in [0.05, 0.1) is 0 Å². The van der Waals surface area contributed by atoms with Crippen LogP contribution in [-0.2, 0) is 23.7 Å². The maximum absolute atomic E-state index is 4.45. The monoisotopic (exact) mass is 380 g/mol. The van der Waals surface area contributed by atoms with E-state index in [0.717, 1.165) is 38.5 Å². The number of benzene rings is 2. The Morgan fingerprint density at radius 3 is 1.48 bits per heavy atom. The molecular weight excluding hydrogens is 348 g/mol. The average molecular weight is 381 g/mol. The van der Waals surface area contributed by atoms with Crippen molar-refractivity contribution in [2.75, 3.05) is 0 Å². The van der Waals surface area contributed by atoms with Crippen LogP contribution < -0.4 is 0 Å². The zero-order valence-corrected chi connectivity index (χ0v) is 17.5. The average Bonchev–Trinajstić information content (AvgIpc) is 3.32. The van der Waals surface area contributed by atoms with E-state index in [4.69, 9.17) is 0 Å². The Hall–Kier alpha value is -2.60.